The Labute approximate surface area is 159 Å². The summed E-state index contributed by atoms with van der Waals surface area (Å²) in [5.74, 6) is 0.423. The molecule has 1 amide bonds. The summed E-state index contributed by atoms with van der Waals surface area (Å²) in [4.78, 5) is 41.0. The molecule has 1 atom stereocenters. The Bertz CT molecular complexity index is 1030. The van der Waals surface area contributed by atoms with Gasteiger partial charge in [-0.2, -0.15) is 0 Å². The number of rotatable bonds is 4. The molecule has 0 saturated carbocycles. The van der Waals surface area contributed by atoms with E-state index in [0.717, 1.165) is 29.1 Å². The van der Waals surface area contributed by atoms with Crippen LogP contribution < -0.4 is 10.9 Å². The van der Waals surface area contributed by atoms with Gasteiger partial charge in [0.1, 0.15) is 10.8 Å². The normalized spacial score (nSPS) is 16.0. The predicted molar refractivity (Wildman–Crippen MR) is 102 cm³/mol. The van der Waals surface area contributed by atoms with Gasteiger partial charge in [-0.1, -0.05) is 0 Å². The van der Waals surface area contributed by atoms with Crippen molar-refractivity contribution in [2.75, 3.05) is 0 Å². The first-order valence-electron chi connectivity index (χ1n) is 8.82. The number of aromatic nitrogens is 4. The molecule has 0 bridgehead atoms. The Balaban J connectivity index is 1.42. The maximum atomic E-state index is 12.6. The molecule has 3 aromatic heterocycles. The van der Waals surface area contributed by atoms with Crippen LogP contribution in [0.5, 0.6) is 0 Å². The van der Waals surface area contributed by atoms with E-state index in [2.05, 4.69) is 20.3 Å². The van der Waals surface area contributed by atoms with Crippen LogP contribution >= 0.6 is 11.3 Å². The molecule has 1 aliphatic rings. The van der Waals surface area contributed by atoms with Gasteiger partial charge in [0.25, 0.3) is 5.56 Å². The monoisotopic (exact) mass is 381 g/mol. The van der Waals surface area contributed by atoms with Gasteiger partial charge in [-0.25, -0.2) is 9.97 Å². The van der Waals surface area contributed by atoms with Crippen molar-refractivity contribution < 1.29 is 4.79 Å². The number of aromatic amines is 1. The summed E-state index contributed by atoms with van der Waals surface area (Å²) in [6.45, 7) is 1.98. The number of aryl methyl sites for hydroxylation is 2. The topological polar surface area (TPSA) is 101 Å². The van der Waals surface area contributed by atoms with Crippen molar-refractivity contribution in [3.05, 3.63) is 63.0 Å². The number of nitrogens with zero attached hydrogens (tertiary/aromatic N) is 3. The molecule has 138 valence electrons. The zero-order chi connectivity index (χ0) is 18.8. The highest BCUT2D eigenvalue weighted by Crippen LogP contribution is 2.34. The highest BCUT2D eigenvalue weighted by atomic mass is 32.1. The van der Waals surface area contributed by atoms with Crippen LogP contribution in [0, 0.1) is 12.8 Å². The first-order chi connectivity index (χ1) is 13.1. The largest absolute Gasteiger partial charge is 0.350 e. The Morgan fingerprint density at radius 2 is 2.15 bits per heavy atom. The molecular formula is C19H19N5O2S. The van der Waals surface area contributed by atoms with Crippen LogP contribution in [0.25, 0.3) is 10.6 Å². The lowest BCUT2D eigenvalue weighted by Crippen LogP contribution is -2.34. The molecule has 27 heavy (non-hydrogen) atoms. The second kappa shape index (κ2) is 7.40. The summed E-state index contributed by atoms with van der Waals surface area (Å²) >= 11 is 1.70. The minimum atomic E-state index is -0.208. The molecule has 7 nitrogen and oxygen atoms in total. The zero-order valence-corrected chi connectivity index (χ0v) is 15.7. The average Bonchev–Trinajstić information content (AvgIpc) is 3.09. The number of nitrogens with one attached hydrogen (secondary N) is 2. The smallest absolute Gasteiger partial charge is 0.251 e. The minimum Gasteiger partial charge on any atom is -0.350 e. The van der Waals surface area contributed by atoms with Crippen molar-refractivity contribution >= 4 is 17.2 Å². The van der Waals surface area contributed by atoms with E-state index in [9.17, 15) is 9.59 Å². The first-order valence-corrected chi connectivity index (χ1v) is 9.63. The van der Waals surface area contributed by atoms with E-state index in [-0.39, 0.29) is 23.9 Å². The summed E-state index contributed by atoms with van der Waals surface area (Å²) in [5, 5.41) is 3.88. The Morgan fingerprint density at radius 3 is 2.93 bits per heavy atom. The summed E-state index contributed by atoms with van der Waals surface area (Å²) in [6.07, 6.45) is 5.83. The van der Waals surface area contributed by atoms with Gasteiger partial charge in [0, 0.05) is 41.2 Å². The number of fused-ring (bicyclic) bond motifs is 1. The fourth-order valence-corrected chi connectivity index (χ4v) is 4.38. The quantitative estimate of drug-likeness (QED) is 0.720. The SMILES string of the molecule is Cc1nc(CNC(=O)C2CCc3sc(-c4ccncc4)nc3C2)cc(=O)[nH]1. The van der Waals surface area contributed by atoms with Crippen molar-refractivity contribution in [2.24, 2.45) is 5.92 Å². The molecule has 2 N–H and O–H groups in total. The van der Waals surface area contributed by atoms with Gasteiger partial charge in [-0.15, -0.1) is 11.3 Å². The Hall–Kier alpha value is -2.87. The van der Waals surface area contributed by atoms with Crippen LogP contribution in [0.1, 0.15) is 28.5 Å². The number of H-pyrrole nitrogens is 1. The maximum Gasteiger partial charge on any atom is 0.251 e. The zero-order valence-electron chi connectivity index (χ0n) is 14.9. The van der Waals surface area contributed by atoms with E-state index < -0.39 is 0 Å². The van der Waals surface area contributed by atoms with Gasteiger partial charge in [0.2, 0.25) is 5.91 Å². The van der Waals surface area contributed by atoms with Gasteiger partial charge in [0.15, 0.2) is 0 Å². The fourth-order valence-electron chi connectivity index (χ4n) is 3.27. The highest BCUT2D eigenvalue weighted by molar-refractivity contribution is 7.15. The molecule has 3 heterocycles. The molecule has 0 fully saturated rings. The molecule has 0 aliphatic heterocycles. The van der Waals surface area contributed by atoms with Crippen molar-refractivity contribution in [1.82, 2.24) is 25.3 Å². The molecule has 0 saturated heterocycles. The lowest BCUT2D eigenvalue weighted by molar-refractivity contribution is -0.125. The van der Waals surface area contributed by atoms with Crippen LogP contribution in [-0.2, 0) is 24.2 Å². The number of hydrogen-bond donors (Lipinski definition) is 2. The molecule has 1 aliphatic carbocycles. The third-order valence-electron chi connectivity index (χ3n) is 4.59. The van der Waals surface area contributed by atoms with Crippen molar-refractivity contribution in [1.29, 1.82) is 0 Å². The molecular weight excluding hydrogens is 362 g/mol. The summed E-state index contributed by atoms with van der Waals surface area (Å²) in [7, 11) is 0. The van der Waals surface area contributed by atoms with Crippen LogP contribution in [0.15, 0.2) is 35.4 Å². The minimum absolute atomic E-state index is 0.0150. The number of amides is 1. The second-order valence-electron chi connectivity index (χ2n) is 6.60. The fraction of sp³-hybridized carbons (Fsp3) is 0.316. The van der Waals surface area contributed by atoms with Gasteiger partial charge in [-0.3, -0.25) is 14.6 Å². The van der Waals surface area contributed by atoms with E-state index in [4.69, 9.17) is 4.98 Å². The van der Waals surface area contributed by atoms with Crippen LogP contribution in [-0.4, -0.2) is 25.8 Å². The van der Waals surface area contributed by atoms with Gasteiger partial charge in [0.05, 0.1) is 17.9 Å². The summed E-state index contributed by atoms with van der Waals surface area (Å²) in [5.41, 5.74) is 2.43. The predicted octanol–water partition coefficient (Wildman–Crippen LogP) is 2.02. The number of hydrogen-bond acceptors (Lipinski definition) is 6. The van der Waals surface area contributed by atoms with E-state index >= 15 is 0 Å². The van der Waals surface area contributed by atoms with Crippen LogP contribution in [0.2, 0.25) is 0 Å². The molecule has 3 aromatic rings. The molecule has 0 radical (unpaired) electrons. The molecule has 8 heteroatoms. The van der Waals surface area contributed by atoms with E-state index in [1.54, 1.807) is 30.7 Å². The average molecular weight is 381 g/mol. The number of pyridine rings is 1. The molecule has 0 spiro atoms. The van der Waals surface area contributed by atoms with Gasteiger partial charge >= 0.3 is 0 Å². The molecule has 1 unspecified atom stereocenters. The van der Waals surface area contributed by atoms with Crippen LogP contribution in [0.4, 0.5) is 0 Å². The summed E-state index contributed by atoms with van der Waals surface area (Å²) in [6, 6.07) is 5.31. The number of thiazole rings is 1. The number of carbonyl (C=O) groups excluding carboxylic acids is 1. The third-order valence-corrected chi connectivity index (χ3v) is 5.80. The lowest BCUT2D eigenvalue weighted by Gasteiger charge is -2.20. The Kier molecular flexibility index (Phi) is 4.81. The number of carbonyl (C=O) groups is 1. The molecule has 4 rings (SSSR count). The van der Waals surface area contributed by atoms with Gasteiger partial charge in [-0.05, 0) is 31.9 Å². The van der Waals surface area contributed by atoms with E-state index in [0.29, 0.717) is 17.9 Å². The second-order valence-corrected chi connectivity index (χ2v) is 7.69. The lowest BCUT2D eigenvalue weighted by atomic mass is 9.90. The van der Waals surface area contributed by atoms with Gasteiger partial charge < -0.3 is 10.3 Å². The van der Waals surface area contributed by atoms with Crippen molar-refractivity contribution in [3.63, 3.8) is 0 Å². The maximum absolute atomic E-state index is 12.6. The van der Waals surface area contributed by atoms with E-state index in [1.807, 2.05) is 12.1 Å². The summed E-state index contributed by atoms with van der Waals surface area (Å²) < 4.78 is 0. The van der Waals surface area contributed by atoms with Crippen LogP contribution in [0.3, 0.4) is 0 Å². The standard InChI is InChI=1S/C19H19N5O2S/c1-11-22-14(9-17(25)23-11)10-21-18(26)13-2-3-16-15(8-13)24-19(27-16)12-4-6-20-7-5-12/h4-7,9,13H,2-3,8,10H2,1H3,(H,21,26)(H,22,23,25). The third kappa shape index (κ3) is 3.95. The highest BCUT2D eigenvalue weighted by Gasteiger charge is 2.27. The Morgan fingerprint density at radius 1 is 1.33 bits per heavy atom. The van der Waals surface area contributed by atoms with E-state index in [1.165, 1.54) is 10.9 Å². The van der Waals surface area contributed by atoms with Crippen molar-refractivity contribution in [2.45, 2.75) is 32.7 Å². The van der Waals surface area contributed by atoms with Crippen molar-refractivity contribution in [3.8, 4) is 10.6 Å². The first kappa shape index (κ1) is 17.5. The molecule has 0 aromatic carbocycles.